The number of H-pyrrole nitrogens is 1. The van der Waals surface area contributed by atoms with Crippen molar-refractivity contribution in [1.82, 2.24) is 15.1 Å². The van der Waals surface area contributed by atoms with E-state index in [9.17, 15) is 9.59 Å². The number of ether oxygens (including phenoxy) is 2. The third kappa shape index (κ3) is 5.25. The van der Waals surface area contributed by atoms with E-state index in [0.717, 1.165) is 17.0 Å². The van der Waals surface area contributed by atoms with Crippen molar-refractivity contribution < 1.29 is 19.1 Å². The van der Waals surface area contributed by atoms with Crippen LogP contribution in [0.4, 0.5) is 10.6 Å². The van der Waals surface area contributed by atoms with Crippen molar-refractivity contribution in [2.45, 2.75) is 45.8 Å². The van der Waals surface area contributed by atoms with E-state index in [0.29, 0.717) is 25.3 Å². The van der Waals surface area contributed by atoms with Gasteiger partial charge in [0.25, 0.3) is 0 Å². The fourth-order valence-electron chi connectivity index (χ4n) is 2.88. The Labute approximate surface area is 164 Å². The molecule has 3 rings (SSSR count). The van der Waals surface area contributed by atoms with Gasteiger partial charge in [0.05, 0.1) is 25.3 Å². The molecule has 1 aliphatic rings. The lowest BCUT2D eigenvalue weighted by Crippen LogP contribution is -2.39. The summed E-state index contributed by atoms with van der Waals surface area (Å²) in [6.07, 6.45) is 0.471. The highest BCUT2D eigenvalue weighted by molar-refractivity contribution is 5.90. The van der Waals surface area contributed by atoms with Gasteiger partial charge in [-0.2, -0.15) is 5.10 Å². The molecule has 1 aromatic carbocycles. The smallest absolute Gasteiger partial charge is 0.410 e. The summed E-state index contributed by atoms with van der Waals surface area (Å²) in [5.41, 5.74) is 1.21. The van der Waals surface area contributed by atoms with E-state index >= 15 is 0 Å². The number of aromatic amines is 1. The predicted molar refractivity (Wildman–Crippen MR) is 104 cm³/mol. The number of aromatic nitrogens is 2. The summed E-state index contributed by atoms with van der Waals surface area (Å²) >= 11 is 0. The average Bonchev–Trinajstić information content (AvgIpc) is 3.03. The molecular formula is C20H26N4O4. The third-order valence-corrected chi connectivity index (χ3v) is 4.18. The zero-order valence-electron chi connectivity index (χ0n) is 16.4. The number of carbonyl (C=O) groups excluding carboxylic acids is 2. The lowest BCUT2D eigenvalue weighted by molar-refractivity contribution is -0.116. The number of anilines is 1. The molecule has 2 amide bonds. The fourth-order valence-corrected chi connectivity index (χ4v) is 2.88. The molecule has 0 spiro atoms. The first-order valence-corrected chi connectivity index (χ1v) is 9.33. The molecule has 0 radical (unpaired) electrons. The van der Waals surface area contributed by atoms with E-state index in [-0.39, 0.29) is 25.0 Å². The standard InChI is InChI=1S/C20H26N4O4/c1-20(2,3)28-19(26)24-11-9-15-16(13-24)22-23-18(15)21-17(25)10-12-27-14-7-5-4-6-8-14/h4-8H,9-13H2,1-3H3,(H2,21,22,23,25). The highest BCUT2D eigenvalue weighted by Crippen LogP contribution is 2.25. The van der Waals surface area contributed by atoms with Crippen LogP contribution in [0.2, 0.25) is 0 Å². The predicted octanol–water partition coefficient (Wildman–Crippen LogP) is 3.11. The van der Waals surface area contributed by atoms with Crippen LogP contribution in [0.3, 0.4) is 0 Å². The number of rotatable bonds is 5. The van der Waals surface area contributed by atoms with E-state index in [1.54, 1.807) is 4.90 Å². The summed E-state index contributed by atoms with van der Waals surface area (Å²) in [4.78, 5) is 26.0. The summed E-state index contributed by atoms with van der Waals surface area (Å²) in [5.74, 6) is 1.08. The number of nitrogens with one attached hydrogen (secondary N) is 2. The largest absolute Gasteiger partial charge is 0.493 e. The minimum atomic E-state index is -0.535. The summed E-state index contributed by atoms with van der Waals surface area (Å²) < 4.78 is 11.0. The van der Waals surface area contributed by atoms with Crippen LogP contribution in [-0.4, -0.2) is 45.9 Å². The summed E-state index contributed by atoms with van der Waals surface area (Å²) in [6.45, 7) is 6.70. The number of hydrogen-bond donors (Lipinski definition) is 2. The maximum atomic E-state index is 12.2. The van der Waals surface area contributed by atoms with Gasteiger partial charge in [0.15, 0.2) is 5.82 Å². The molecule has 0 saturated heterocycles. The van der Waals surface area contributed by atoms with E-state index in [4.69, 9.17) is 9.47 Å². The zero-order valence-corrected chi connectivity index (χ0v) is 16.4. The second-order valence-corrected chi connectivity index (χ2v) is 7.64. The Bertz CT molecular complexity index is 826. The molecule has 0 saturated carbocycles. The van der Waals surface area contributed by atoms with Gasteiger partial charge in [-0.3, -0.25) is 9.89 Å². The number of carbonyl (C=O) groups is 2. The van der Waals surface area contributed by atoms with Gasteiger partial charge in [-0.05, 0) is 39.3 Å². The van der Waals surface area contributed by atoms with Crippen LogP contribution in [-0.2, 0) is 22.5 Å². The van der Waals surface area contributed by atoms with Crippen LogP contribution in [0.15, 0.2) is 30.3 Å². The van der Waals surface area contributed by atoms with Crippen molar-refractivity contribution >= 4 is 17.8 Å². The normalized spacial score (nSPS) is 13.6. The maximum absolute atomic E-state index is 12.2. The van der Waals surface area contributed by atoms with Crippen molar-refractivity contribution in [2.24, 2.45) is 0 Å². The lowest BCUT2D eigenvalue weighted by Gasteiger charge is -2.29. The van der Waals surface area contributed by atoms with Crippen molar-refractivity contribution in [1.29, 1.82) is 0 Å². The molecule has 2 heterocycles. The second kappa shape index (κ2) is 8.33. The number of amides is 2. The quantitative estimate of drug-likeness (QED) is 0.823. The Morgan fingerprint density at radius 2 is 2.00 bits per heavy atom. The summed E-state index contributed by atoms with van der Waals surface area (Å²) in [7, 11) is 0. The first-order chi connectivity index (χ1) is 13.3. The van der Waals surface area contributed by atoms with E-state index < -0.39 is 5.60 Å². The lowest BCUT2D eigenvalue weighted by atomic mass is 10.1. The molecule has 0 unspecified atom stereocenters. The molecule has 2 N–H and O–H groups in total. The SMILES string of the molecule is CC(C)(C)OC(=O)N1CCc2c(NC(=O)CCOc3ccccc3)n[nH]c2C1. The molecule has 2 aromatic rings. The molecule has 0 fully saturated rings. The van der Waals surface area contributed by atoms with Gasteiger partial charge in [0, 0.05) is 12.1 Å². The summed E-state index contributed by atoms with van der Waals surface area (Å²) in [5, 5.41) is 9.93. The van der Waals surface area contributed by atoms with Gasteiger partial charge >= 0.3 is 6.09 Å². The monoisotopic (exact) mass is 386 g/mol. The minimum absolute atomic E-state index is 0.167. The Hall–Kier alpha value is -3.03. The van der Waals surface area contributed by atoms with Gasteiger partial charge in [-0.1, -0.05) is 18.2 Å². The van der Waals surface area contributed by atoms with Crippen molar-refractivity contribution in [3.8, 4) is 5.75 Å². The fraction of sp³-hybridized carbons (Fsp3) is 0.450. The number of hydrogen-bond acceptors (Lipinski definition) is 5. The minimum Gasteiger partial charge on any atom is -0.493 e. The van der Waals surface area contributed by atoms with Crippen molar-refractivity contribution in [3.05, 3.63) is 41.6 Å². The van der Waals surface area contributed by atoms with Crippen molar-refractivity contribution in [3.63, 3.8) is 0 Å². The van der Waals surface area contributed by atoms with Gasteiger partial charge in [0.1, 0.15) is 11.4 Å². The summed E-state index contributed by atoms with van der Waals surface area (Å²) in [6, 6.07) is 9.36. The molecule has 0 aliphatic carbocycles. The molecule has 8 heteroatoms. The molecule has 0 bridgehead atoms. The van der Waals surface area contributed by atoms with Gasteiger partial charge in [0.2, 0.25) is 5.91 Å². The number of benzene rings is 1. The van der Waals surface area contributed by atoms with Crippen LogP contribution < -0.4 is 10.1 Å². The average molecular weight is 386 g/mol. The molecule has 28 heavy (non-hydrogen) atoms. The number of para-hydroxylation sites is 1. The molecule has 8 nitrogen and oxygen atoms in total. The van der Waals surface area contributed by atoms with Crippen LogP contribution in [0.1, 0.15) is 38.4 Å². The number of nitrogens with zero attached hydrogens (tertiary/aromatic N) is 2. The topological polar surface area (TPSA) is 96.6 Å². The van der Waals surface area contributed by atoms with Gasteiger partial charge < -0.3 is 19.7 Å². The van der Waals surface area contributed by atoms with Crippen LogP contribution in [0.5, 0.6) is 5.75 Å². The Kier molecular flexibility index (Phi) is 5.87. The molecule has 1 aliphatic heterocycles. The highest BCUT2D eigenvalue weighted by Gasteiger charge is 2.28. The van der Waals surface area contributed by atoms with E-state index in [1.165, 1.54) is 0 Å². The van der Waals surface area contributed by atoms with Crippen LogP contribution in [0, 0.1) is 0 Å². The molecule has 1 aromatic heterocycles. The molecular weight excluding hydrogens is 360 g/mol. The van der Waals surface area contributed by atoms with Crippen LogP contribution >= 0.6 is 0 Å². The Morgan fingerprint density at radius 3 is 2.71 bits per heavy atom. The number of fused-ring (bicyclic) bond motifs is 1. The first kappa shape index (κ1) is 19.7. The Morgan fingerprint density at radius 1 is 1.25 bits per heavy atom. The van der Waals surface area contributed by atoms with Crippen LogP contribution in [0.25, 0.3) is 0 Å². The maximum Gasteiger partial charge on any atom is 0.410 e. The molecule has 150 valence electrons. The van der Waals surface area contributed by atoms with E-state index in [1.807, 2.05) is 51.1 Å². The third-order valence-electron chi connectivity index (χ3n) is 4.18. The van der Waals surface area contributed by atoms with Gasteiger partial charge in [-0.15, -0.1) is 0 Å². The second-order valence-electron chi connectivity index (χ2n) is 7.64. The van der Waals surface area contributed by atoms with Crippen molar-refractivity contribution in [2.75, 3.05) is 18.5 Å². The molecule has 0 atom stereocenters. The zero-order chi connectivity index (χ0) is 20.1. The highest BCUT2D eigenvalue weighted by atomic mass is 16.6. The van der Waals surface area contributed by atoms with Gasteiger partial charge in [-0.25, -0.2) is 4.79 Å². The van der Waals surface area contributed by atoms with E-state index in [2.05, 4.69) is 15.5 Å². The Balaban J connectivity index is 1.51. The first-order valence-electron chi connectivity index (χ1n) is 9.33.